The van der Waals surface area contributed by atoms with Crippen molar-refractivity contribution in [2.45, 2.75) is 58.3 Å². The molecule has 3 atom stereocenters. The second kappa shape index (κ2) is 6.17. The van der Waals surface area contributed by atoms with E-state index < -0.39 is 0 Å². The van der Waals surface area contributed by atoms with Gasteiger partial charge < -0.3 is 11.1 Å². The molecule has 0 unspecified atom stereocenters. The smallest absolute Gasteiger partial charge is 0.237 e. The van der Waals surface area contributed by atoms with Crippen LogP contribution in [0.3, 0.4) is 0 Å². The van der Waals surface area contributed by atoms with Crippen molar-refractivity contribution in [2.75, 3.05) is 5.73 Å². The number of nitrogens with one attached hydrogen (secondary N) is 1. The Morgan fingerprint density at radius 2 is 2.15 bits per heavy atom. The molecule has 2 heterocycles. The van der Waals surface area contributed by atoms with E-state index in [-0.39, 0.29) is 11.9 Å². The molecule has 110 valence electrons. The number of nitrogens with zero attached hydrogens (tertiary/aromatic N) is 3. The Bertz CT molecular complexity index is 468. The van der Waals surface area contributed by atoms with Crippen LogP contribution in [0, 0.1) is 0 Å². The maximum Gasteiger partial charge on any atom is 0.237 e. The molecule has 1 aliphatic rings. The Kier molecular flexibility index (Phi) is 4.54. The van der Waals surface area contributed by atoms with Gasteiger partial charge in [-0.25, -0.2) is 9.97 Å². The molecule has 6 heteroatoms. The van der Waals surface area contributed by atoms with Crippen molar-refractivity contribution in [3.63, 3.8) is 0 Å². The molecule has 0 bridgehead atoms. The van der Waals surface area contributed by atoms with Crippen molar-refractivity contribution >= 4 is 11.7 Å². The summed E-state index contributed by atoms with van der Waals surface area (Å²) < 4.78 is 0. The van der Waals surface area contributed by atoms with Crippen LogP contribution in [-0.2, 0) is 11.3 Å². The van der Waals surface area contributed by atoms with E-state index in [1.165, 1.54) is 0 Å². The van der Waals surface area contributed by atoms with Gasteiger partial charge in [0.2, 0.25) is 5.91 Å². The van der Waals surface area contributed by atoms with Crippen LogP contribution in [0.15, 0.2) is 12.3 Å². The predicted molar refractivity (Wildman–Crippen MR) is 77.8 cm³/mol. The molecule has 0 saturated carbocycles. The van der Waals surface area contributed by atoms with Crippen LogP contribution in [0.4, 0.5) is 5.82 Å². The molecule has 3 N–H and O–H groups in total. The van der Waals surface area contributed by atoms with E-state index in [4.69, 9.17) is 5.73 Å². The summed E-state index contributed by atoms with van der Waals surface area (Å²) in [5.41, 5.74) is 5.59. The summed E-state index contributed by atoms with van der Waals surface area (Å²) in [7, 11) is 0. The maximum absolute atomic E-state index is 12.2. The summed E-state index contributed by atoms with van der Waals surface area (Å²) in [5, 5.41) is 2.88. The van der Waals surface area contributed by atoms with Crippen LogP contribution in [0.25, 0.3) is 0 Å². The summed E-state index contributed by atoms with van der Waals surface area (Å²) >= 11 is 0. The number of rotatable bonds is 4. The number of amides is 1. The Balaban J connectivity index is 1.91. The third-order valence-electron chi connectivity index (χ3n) is 3.99. The number of likely N-dealkylation sites (tertiary alicyclic amines) is 1. The van der Waals surface area contributed by atoms with Crippen molar-refractivity contribution in [3.8, 4) is 0 Å². The molecule has 1 fully saturated rings. The first-order chi connectivity index (χ1) is 9.49. The van der Waals surface area contributed by atoms with Gasteiger partial charge in [0.15, 0.2) is 0 Å². The number of nitrogens with two attached hydrogens (primary N) is 1. The SMILES string of the molecule is C[C@@H]1CC[C@@H](C)N1[C@@H](C)C(=O)NCc1nccc(N)n1. The molecule has 6 nitrogen and oxygen atoms in total. The van der Waals surface area contributed by atoms with E-state index in [2.05, 4.69) is 34.0 Å². The van der Waals surface area contributed by atoms with Crippen LogP contribution in [-0.4, -0.2) is 38.9 Å². The monoisotopic (exact) mass is 277 g/mol. The number of anilines is 1. The van der Waals surface area contributed by atoms with Crippen LogP contribution in [0.5, 0.6) is 0 Å². The molecule has 0 spiro atoms. The molecular weight excluding hydrogens is 254 g/mol. The largest absolute Gasteiger partial charge is 0.384 e. The van der Waals surface area contributed by atoms with Crippen molar-refractivity contribution in [3.05, 3.63) is 18.1 Å². The zero-order valence-corrected chi connectivity index (χ0v) is 12.3. The minimum absolute atomic E-state index is 0.0108. The fraction of sp³-hybridized carbons (Fsp3) is 0.643. The lowest BCUT2D eigenvalue weighted by Gasteiger charge is -2.31. The lowest BCUT2D eigenvalue weighted by atomic mass is 10.2. The summed E-state index contributed by atoms with van der Waals surface area (Å²) in [6.07, 6.45) is 3.89. The lowest BCUT2D eigenvalue weighted by molar-refractivity contribution is -0.127. The number of nitrogen functional groups attached to an aromatic ring is 1. The third kappa shape index (κ3) is 3.25. The van der Waals surface area contributed by atoms with Crippen molar-refractivity contribution in [1.82, 2.24) is 20.2 Å². The molecular formula is C14H23N5O. The van der Waals surface area contributed by atoms with Crippen LogP contribution < -0.4 is 11.1 Å². The van der Waals surface area contributed by atoms with Crippen molar-refractivity contribution in [1.29, 1.82) is 0 Å². The lowest BCUT2D eigenvalue weighted by Crippen LogP contribution is -2.49. The maximum atomic E-state index is 12.2. The van der Waals surface area contributed by atoms with E-state index in [9.17, 15) is 4.79 Å². The van der Waals surface area contributed by atoms with Gasteiger partial charge in [-0.1, -0.05) is 0 Å². The van der Waals surface area contributed by atoms with Gasteiger partial charge >= 0.3 is 0 Å². The molecule has 1 saturated heterocycles. The number of hydrogen-bond donors (Lipinski definition) is 2. The number of aromatic nitrogens is 2. The molecule has 1 amide bonds. The van der Waals surface area contributed by atoms with E-state index in [1.807, 2.05) is 6.92 Å². The quantitative estimate of drug-likeness (QED) is 0.855. The Hall–Kier alpha value is -1.69. The van der Waals surface area contributed by atoms with Crippen LogP contribution >= 0.6 is 0 Å². The highest BCUT2D eigenvalue weighted by Crippen LogP contribution is 2.25. The first-order valence-electron chi connectivity index (χ1n) is 7.11. The Labute approximate surface area is 119 Å². The highest BCUT2D eigenvalue weighted by Gasteiger charge is 2.34. The topological polar surface area (TPSA) is 84.1 Å². The van der Waals surface area contributed by atoms with Gasteiger partial charge in [0.05, 0.1) is 12.6 Å². The van der Waals surface area contributed by atoms with E-state index >= 15 is 0 Å². The minimum atomic E-state index is -0.136. The second-order valence-electron chi connectivity index (χ2n) is 5.51. The van der Waals surface area contributed by atoms with E-state index in [1.54, 1.807) is 12.3 Å². The molecule has 20 heavy (non-hydrogen) atoms. The van der Waals surface area contributed by atoms with Gasteiger partial charge in [-0.3, -0.25) is 9.69 Å². The van der Waals surface area contributed by atoms with Gasteiger partial charge in [-0.05, 0) is 39.7 Å². The average molecular weight is 277 g/mol. The molecule has 1 aromatic rings. The standard InChI is InChI=1S/C14H23N5O/c1-9-4-5-10(2)19(9)11(3)14(20)17-8-13-16-7-6-12(15)18-13/h6-7,9-11H,4-5,8H2,1-3H3,(H,17,20)(H2,15,16,18)/t9-,10-,11+/m1/s1. The van der Waals surface area contributed by atoms with E-state index in [0.29, 0.717) is 30.3 Å². The Morgan fingerprint density at radius 1 is 1.50 bits per heavy atom. The third-order valence-corrected chi connectivity index (χ3v) is 3.99. The normalized spacial score (nSPS) is 24.6. The number of carbonyl (C=O) groups excluding carboxylic acids is 1. The van der Waals surface area contributed by atoms with Crippen molar-refractivity contribution < 1.29 is 4.79 Å². The van der Waals surface area contributed by atoms with Gasteiger partial charge in [0.25, 0.3) is 0 Å². The van der Waals surface area contributed by atoms with Crippen LogP contribution in [0.2, 0.25) is 0 Å². The highest BCUT2D eigenvalue weighted by molar-refractivity contribution is 5.81. The summed E-state index contributed by atoms with van der Waals surface area (Å²) in [6.45, 7) is 6.61. The van der Waals surface area contributed by atoms with Crippen LogP contribution in [0.1, 0.15) is 39.4 Å². The van der Waals surface area contributed by atoms with Crippen molar-refractivity contribution in [2.24, 2.45) is 0 Å². The summed E-state index contributed by atoms with van der Waals surface area (Å²) in [4.78, 5) is 22.7. The number of hydrogen-bond acceptors (Lipinski definition) is 5. The zero-order valence-electron chi connectivity index (χ0n) is 12.3. The molecule has 0 radical (unpaired) electrons. The fourth-order valence-electron chi connectivity index (χ4n) is 2.93. The first-order valence-corrected chi connectivity index (χ1v) is 7.11. The van der Waals surface area contributed by atoms with Gasteiger partial charge in [0.1, 0.15) is 11.6 Å². The zero-order chi connectivity index (χ0) is 14.7. The molecule has 1 aliphatic heterocycles. The van der Waals surface area contributed by atoms with Gasteiger partial charge in [-0.2, -0.15) is 0 Å². The summed E-state index contributed by atoms with van der Waals surface area (Å²) in [6, 6.07) is 2.40. The Morgan fingerprint density at radius 3 is 2.75 bits per heavy atom. The average Bonchev–Trinajstić information content (AvgIpc) is 2.75. The van der Waals surface area contributed by atoms with Gasteiger partial charge in [-0.15, -0.1) is 0 Å². The second-order valence-corrected chi connectivity index (χ2v) is 5.51. The minimum Gasteiger partial charge on any atom is -0.384 e. The molecule has 0 aliphatic carbocycles. The first kappa shape index (κ1) is 14.7. The molecule has 1 aromatic heterocycles. The highest BCUT2D eigenvalue weighted by atomic mass is 16.2. The summed E-state index contributed by atoms with van der Waals surface area (Å²) in [5.74, 6) is 0.962. The predicted octanol–water partition coefficient (Wildman–Crippen LogP) is 0.936. The fourth-order valence-corrected chi connectivity index (χ4v) is 2.93. The number of carbonyl (C=O) groups is 1. The molecule has 2 rings (SSSR count). The molecule has 0 aromatic carbocycles. The van der Waals surface area contributed by atoms with Gasteiger partial charge in [0, 0.05) is 18.3 Å². The van der Waals surface area contributed by atoms with E-state index in [0.717, 1.165) is 12.8 Å².